The van der Waals surface area contributed by atoms with Gasteiger partial charge in [-0.25, -0.2) is 4.79 Å². The maximum absolute atomic E-state index is 11.7. The van der Waals surface area contributed by atoms with Crippen molar-refractivity contribution in [2.24, 2.45) is 5.73 Å². The number of carbonyl (C=O) groups is 2. The van der Waals surface area contributed by atoms with E-state index in [4.69, 9.17) is 15.6 Å². The van der Waals surface area contributed by atoms with Crippen molar-refractivity contribution in [2.45, 2.75) is 32.2 Å². The van der Waals surface area contributed by atoms with Crippen molar-refractivity contribution in [1.82, 2.24) is 5.32 Å². The molecule has 0 atom stereocenters. The fourth-order valence-corrected chi connectivity index (χ4v) is 1.58. The number of hydrogen-bond acceptors (Lipinski definition) is 4. The van der Waals surface area contributed by atoms with Gasteiger partial charge in [0.2, 0.25) is 5.91 Å². The highest BCUT2D eigenvalue weighted by atomic mass is 16.5. The van der Waals surface area contributed by atoms with Crippen molar-refractivity contribution in [1.29, 1.82) is 0 Å². The zero-order valence-electron chi connectivity index (χ0n) is 11.7. The molecule has 0 aliphatic rings. The molecule has 0 saturated heterocycles. The second-order valence-corrected chi connectivity index (χ2v) is 5.16. The minimum absolute atomic E-state index is 0.113. The van der Waals surface area contributed by atoms with Gasteiger partial charge in [-0.2, -0.15) is 0 Å². The summed E-state index contributed by atoms with van der Waals surface area (Å²) in [5, 5.41) is 11.8. The van der Waals surface area contributed by atoms with Crippen LogP contribution in [0.2, 0.25) is 0 Å². The van der Waals surface area contributed by atoms with E-state index in [0.717, 1.165) is 5.56 Å². The molecule has 4 N–H and O–H groups in total. The van der Waals surface area contributed by atoms with Crippen LogP contribution in [-0.4, -0.2) is 29.3 Å². The number of nitrogens with two attached hydrogens (primary N) is 1. The number of aliphatic hydroxyl groups is 1. The van der Waals surface area contributed by atoms with Gasteiger partial charge >= 0.3 is 6.09 Å². The number of aryl methyl sites for hydroxylation is 1. The number of amides is 2. The van der Waals surface area contributed by atoms with Crippen LogP contribution in [0.25, 0.3) is 0 Å². The third-order valence-electron chi connectivity index (χ3n) is 2.66. The molecule has 0 aromatic heterocycles. The lowest BCUT2D eigenvalue weighted by molar-refractivity contribution is -0.123. The predicted molar refractivity (Wildman–Crippen MR) is 74.3 cm³/mol. The topological polar surface area (TPSA) is 102 Å². The zero-order chi connectivity index (χ0) is 15.2. The molecule has 1 rings (SSSR count). The van der Waals surface area contributed by atoms with Crippen LogP contribution in [0.1, 0.15) is 25.8 Å². The number of primary amides is 1. The van der Waals surface area contributed by atoms with Gasteiger partial charge in [0.15, 0.2) is 0 Å². The summed E-state index contributed by atoms with van der Waals surface area (Å²) in [4.78, 5) is 22.3. The zero-order valence-corrected chi connectivity index (χ0v) is 11.7. The molecule has 0 heterocycles. The van der Waals surface area contributed by atoms with Crippen LogP contribution >= 0.6 is 0 Å². The fourth-order valence-electron chi connectivity index (χ4n) is 1.58. The van der Waals surface area contributed by atoms with E-state index in [-0.39, 0.29) is 12.5 Å². The Balaban J connectivity index is 2.46. The SMILES string of the molecule is CC(C)(CO)NC(=O)CCc1ccc(OC(N)=O)cc1. The molecule has 0 bridgehead atoms. The molecule has 0 saturated carbocycles. The summed E-state index contributed by atoms with van der Waals surface area (Å²) in [6.45, 7) is 3.39. The summed E-state index contributed by atoms with van der Waals surface area (Å²) in [6, 6.07) is 6.77. The van der Waals surface area contributed by atoms with Crippen LogP contribution in [0.3, 0.4) is 0 Å². The minimum atomic E-state index is -0.858. The molecule has 0 aliphatic carbocycles. The van der Waals surface area contributed by atoms with E-state index in [2.05, 4.69) is 5.32 Å². The Morgan fingerprint density at radius 3 is 2.40 bits per heavy atom. The van der Waals surface area contributed by atoms with Crippen LogP contribution in [0.15, 0.2) is 24.3 Å². The molecule has 6 nitrogen and oxygen atoms in total. The van der Waals surface area contributed by atoms with Crippen LogP contribution in [0, 0.1) is 0 Å². The molecule has 0 spiro atoms. The molecular weight excluding hydrogens is 260 g/mol. The third-order valence-corrected chi connectivity index (χ3v) is 2.66. The van der Waals surface area contributed by atoms with E-state index in [0.29, 0.717) is 18.6 Å². The Bertz CT molecular complexity index is 469. The maximum atomic E-state index is 11.7. The second kappa shape index (κ2) is 6.91. The van der Waals surface area contributed by atoms with E-state index in [1.54, 1.807) is 38.1 Å². The quantitative estimate of drug-likeness (QED) is 0.722. The van der Waals surface area contributed by atoms with Gasteiger partial charge in [-0.15, -0.1) is 0 Å². The van der Waals surface area contributed by atoms with Crippen LogP contribution in [0.5, 0.6) is 5.75 Å². The highest BCUT2D eigenvalue weighted by Crippen LogP contribution is 2.13. The van der Waals surface area contributed by atoms with Gasteiger partial charge in [-0.05, 0) is 38.0 Å². The molecule has 1 aromatic carbocycles. The Hall–Kier alpha value is -2.08. The molecule has 110 valence electrons. The Labute approximate surface area is 117 Å². The van der Waals surface area contributed by atoms with Gasteiger partial charge in [0.05, 0.1) is 12.1 Å². The standard InChI is InChI=1S/C14H20N2O4/c1-14(2,9-17)16-12(18)8-5-10-3-6-11(7-4-10)20-13(15)19/h3-4,6-7,17H,5,8-9H2,1-2H3,(H2,15,19)(H,16,18). The smallest absolute Gasteiger partial charge is 0.409 e. The first-order valence-electron chi connectivity index (χ1n) is 6.30. The largest absolute Gasteiger partial charge is 0.411 e. The lowest BCUT2D eigenvalue weighted by atomic mass is 10.1. The van der Waals surface area contributed by atoms with Gasteiger partial charge in [0, 0.05) is 6.42 Å². The minimum Gasteiger partial charge on any atom is -0.411 e. The van der Waals surface area contributed by atoms with Crippen molar-refractivity contribution in [2.75, 3.05) is 6.61 Å². The van der Waals surface area contributed by atoms with Gasteiger partial charge in [-0.1, -0.05) is 12.1 Å². The van der Waals surface area contributed by atoms with Crippen molar-refractivity contribution < 1.29 is 19.4 Å². The number of hydrogen-bond donors (Lipinski definition) is 3. The lowest BCUT2D eigenvalue weighted by Gasteiger charge is -2.23. The number of benzene rings is 1. The number of ether oxygens (including phenoxy) is 1. The molecule has 6 heteroatoms. The Morgan fingerprint density at radius 2 is 1.90 bits per heavy atom. The highest BCUT2D eigenvalue weighted by molar-refractivity contribution is 5.77. The normalized spacial score (nSPS) is 10.9. The molecule has 0 aliphatic heterocycles. The van der Waals surface area contributed by atoms with Gasteiger partial charge in [-0.3, -0.25) is 4.79 Å². The Morgan fingerprint density at radius 1 is 1.30 bits per heavy atom. The van der Waals surface area contributed by atoms with Gasteiger partial charge < -0.3 is 20.9 Å². The first kappa shape index (κ1) is 16.0. The maximum Gasteiger partial charge on any atom is 0.409 e. The van der Waals surface area contributed by atoms with Crippen molar-refractivity contribution >= 4 is 12.0 Å². The average Bonchev–Trinajstić information content (AvgIpc) is 2.37. The summed E-state index contributed by atoms with van der Waals surface area (Å²) >= 11 is 0. The highest BCUT2D eigenvalue weighted by Gasteiger charge is 2.18. The van der Waals surface area contributed by atoms with Gasteiger partial charge in [0.1, 0.15) is 5.75 Å². The predicted octanol–water partition coefficient (Wildman–Crippen LogP) is 0.964. The van der Waals surface area contributed by atoms with Crippen molar-refractivity contribution in [3.63, 3.8) is 0 Å². The molecule has 2 amide bonds. The van der Waals surface area contributed by atoms with E-state index in [1.165, 1.54) is 0 Å². The summed E-state index contributed by atoms with van der Waals surface area (Å²) in [5.41, 5.74) is 5.23. The molecule has 0 unspecified atom stereocenters. The van der Waals surface area contributed by atoms with Crippen LogP contribution in [-0.2, 0) is 11.2 Å². The van der Waals surface area contributed by atoms with Crippen molar-refractivity contribution in [3.05, 3.63) is 29.8 Å². The number of rotatable bonds is 6. The van der Waals surface area contributed by atoms with E-state index in [9.17, 15) is 9.59 Å². The molecule has 0 radical (unpaired) electrons. The Kier molecular flexibility index (Phi) is 5.52. The van der Waals surface area contributed by atoms with Gasteiger partial charge in [0.25, 0.3) is 0 Å². The number of aliphatic hydroxyl groups excluding tert-OH is 1. The lowest BCUT2D eigenvalue weighted by Crippen LogP contribution is -2.46. The summed E-state index contributed by atoms with van der Waals surface area (Å²) in [6.07, 6.45) is 0.0206. The second-order valence-electron chi connectivity index (χ2n) is 5.16. The molecule has 1 aromatic rings. The summed E-state index contributed by atoms with van der Waals surface area (Å²) in [7, 11) is 0. The van der Waals surface area contributed by atoms with Crippen molar-refractivity contribution in [3.8, 4) is 5.75 Å². The van der Waals surface area contributed by atoms with E-state index in [1.807, 2.05) is 0 Å². The monoisotopic (exact) mass is 280 g/mol. The first-order valence-corrected chi connectivity index (χ1v) is 6.30. The third kappa shape index (κ3) is 5.71. The van der Waals surface area contributed by atoms with Crippen LogP contribution < -0.4 is 15.8 Å². The molecular formula is C14H20N2O4. The van der Waals surface area contributed by atoms with E-state index < -0.39 is 11.6 Å². The molecule has 20 heavy (non-hydrogen) atoms. The first-order chi connectivity index (χ1) is 9.32. The summed E-state index contributed by atoms with van der Waals surface area (Å²) in [5.74, 6) is 0.244. The summed E-state index contributed by atoms with van der Waals surface area (Å²) < 4.78 is 4.71. The average molecular weight is 280 g/mol. The fraction of sp³-hybridized carbons (Fsp3) is 0.429. The number of carbonyl (C=O) groups excluding carboxylic acids is 2. The molecule has 0 fully saturated rings. The number of nitrogens with one attached hydrogen (secondary N) is 1. The van der Waals surface area contributed by atoms with Crippen LogP contribution in [0.4, 0.5) is 4.79 Å². The van der Waals surface area contributed by atoms with E-state index >= 15 is 0 Å².